The summed E-state index contributed by atoms with van der Waals surface area (Å²) in [5.74, 6) is 0.803. The van der Waals surface area contributed by atoms with Crippen LogP contribution in [0, 0.1) is 0 Å². The van der Waals surface area contributed by atoms with E-state index >= 15 is 0 Å². The Balaban J connectivity index is 1.59. The van der Waals surface area contributed by atoms with Crippen LogP contribution in [-0.4, -0.2) is 13.0 Å². The van der Waals surface area contributed by atoms with Gasteiger partial charge in [-0.05, 0) is 35.4 Å². The number of amides is 1. The Hall–Kier alpha value is -3.33. The van der Waals surface area contributed by atoms with Crippen molar-refractivity contribution in [1.29, 1.82) is 0 Å². The number of para-hydroxylation sites is 1. The predicted octanol–water partition coefficient (Wildman–Crippen LogP) is 4.78. The van der Waals surface area contributed by atoms with Gasteiger partial charge in [0.1, 0.15) is 12.4 Å². The van der Waals surface area contributed by atoms with E-state index < -0.39 is 0 Å². The van der Waals surface area contributed by atoms with Gasteiger partial charge in [0.15, 0.2) is 0 Å². The van der Waals surface area contributed by atoms with E-state index in [9.17, 15) is 4.79 Å². The van der Waals surface area contributed by atoms with Crippen molar-refractivity contribution in [2.24, 2.45) is 0 Å². The van der Waals surface area contributed by atoms with Gasteiger partial charge in [-0.25, -0.2) is 0 Å². The summed E-state index contributed by atoms with van der Waals surface area (Å²) in [6.45, 7) is 0.519. The van der Waals surface area contributed by atoms with Crippen molar-refractivity contribution in [3.8, 4) is 5.75 Å². The van der Waals surface area contributed by atoms with Gasteiger partial charge in [-0.2, -0.15) is 0 Å². The molecule has 3 heteroatoms. The van der Waals surface area contributed by atoms with Gasteiger partial charge in [0.05, 0.1) is 5.69 Å². The minimum absolute atomic E-state index is 0.0156. The van der Waals surface area contributed by atoms with Crippen molar-refractivity contribution in [2.75, 3.05) is 11.9 Å². The number of rotatable bonds is 4. The van der Waals surface area contributed by atoms with Crippen LogP contribution in [0.25, 0.3) is 11.6 Å². The Morgan fingerprint density at radius 3 is 2.54 bits per heavy atom. The summed E-state index contributed by atoms with van der Waals surface area (Å²) >= 11 is 0. The number of nitrogens with zero attached hydrogens (tertiary/aromatic N) is 1. The number of carbonyl (C=O) groups is 1. The van der Waals surface area contributed by atoms with Gasteiger partial charge in [0.2, 0.25) is 0 Å². The van der Waals surface area contributed by atoms with E-state index in [1.165, 1.54) is 0 Å². The van der Waals surface area contributed by atoms with Gasteiger partial charge < -0.3 is 9.64 Å². The molecule has 1 heterocycles. The molecular weight excluding hydrogens is 322 g/mol. The van der Waals surface area contributed by atoms with E-state index in [4.69, 9.17) is 4.74 Å². The smallest absolute Gasteiger partial charge is 0.258 e. The molecule has 0 atom stereocenters. The number of fused-ring (bicyclic) bond motifs is 1. The summed E-state index contributed by atoms with van der Waals surface area (Å²) in [6, 6.07) is 25.7. The fourth-order valence-corrected chi connectivity index (χ4v) is 3.14. The van der Waals surface area contributed by atoms with Crippen molar-refractivity contribution in [1.82, 2.24) is 0 Å². The minimum Gasteiger partial charge on any atom is -0.489 e. The standard InChI is InChI=1S/C23H19NO2/c1-24-22-13-6-5-12-20(22)21(23(24)25)15-18-10-7-11-19(14-18)26-16-17-8-3-2-4-9-17/h2-15H,16H2,1H3. The zero-order valence-corrected chi connectivity index (χ0v) is 14.6. The molecule has 128 valence electrons. The van der Waals surface area contributed by atoms with E-state index in [2.05, 4.69) is 0 Å². The first-order chi connectivity index (χ1) is 12.7. The SMILES string of the molecule is CN1C(=O)C(=Cc2cccc(OCc3ccccc3)c2)c2ccccc21. The third-order valence-electron chi connectivity index (χ3n) is 4.51. The normalized spacial score (nSPS) is 14.6. The molecule has 0 aliphatic carbocycles. The topological polar surface area (TPSA) is 29.5 Å². The maximum Gasteiger partial charge on any atom is 0.258 e. The van der Waals surface area contributed by atoms with Gasteiger partial charge in [-0.15, -0.1) is 0 Å². The van der Waals surface area contributed by atoms with Gasteiger partial charge >= 0.3 is 0 Å². The molecular formula is C23H19NO2. The van der Waals surface area contributed by atoms with Crippen LogP contribution in [0.4, 0.5) is 5.69 Å². The Labute approximate surface area is 153 Å². The average Bonchev–Trinajstić information content (AvgIpc) is 2.93. The quantitative estimate of drug-likeness (QED) is 0.639. The first-order valence-corrected chi connectivity index (χ1v) is 8.58. The molecule has 0 unspecified atom stereocenters. The number of hydrogen-bond donors (Lipinski definition) is 0. The summed E-state index contributed by atoms with van der Waals surface area (Å²) in [6.07, 6.45) is 1.93. The Morgan fingerprint density at radius 1 is 0.923 bits per heavy atom. The largest absolute Gasteiger partial charge is 0.489 e. The highest BCUT2D eigenvalue weighted by molar-refractivity contribution is 6.35. The molecule has 0 aromatic heterocycles. The first kappa shape index (κ1) is 16.2. The maximum atomic E-state index is 12.6. The lowest BCUT2D eigenvalue weighted by molar-refractivity contribution is -0.112. The van der Waals surface area contributed by atoms with Crippen LogP contribution in [0.5, 0.6) is 5.75 Å². The Morgan fingerprint density at radius 2 is 1.69 bits per heavy atom. The van der Waals surface area contributed by atoms with Crippen molar-refractivity contribution < 1.29 is 9.53 Å². The molecule has 0 radical (unpaired) electrons. The second-order valence-electron chi connectivity index (χ2n) is 6.29. The first-order valence-electron chi connectivity index (χ1n) is 8.58. The van der Waals surface area contributed by atoms with Crippen LogP contribution in [0.3, 0.4) is 0 Å². The average molecular weight is 341 g/mol. The summed E-state index contributed by atoms with van der Waals surface area (Å²) in [5, 5.41) is 0. The molecule has 1 amide bonds. The third-order valence-corrected chi connectivity index (χ3v) is 4.51. The summed E-state index contributed by atoms with van der Waals surface area (Å²) in [4.78, 5) is 14.3. The lowest BCUT2D eigenvalue weighted by atomic mass is 10.0. The van der Waals surface area contributed by atoms with Crippen LogP contribution in [0.1, 0.15) is 16.7 Å². The number of ether oxygens (including phenoxy) is 1. The zero-order chi connectivity index (χ0) is 17.9. The number of benzene rings is 3. The number of likely N-dealkylation sites (N-methyl/N-ethyl adjacent to an activating group) is 1. The van der Waals surface area contributed by atoms with E-state index in [0.29, 0.717) is 12.2 Å². The van der Waals surface area contributed by atoms with E-state index in [1.54, 1.807) is 11.9 Å². The summed E-state index contributed by atoms with van der Waals surface area (Å²) in [5.41, 5.74) is 4.70. The van der Waals surface area contributed by atoms with Crippen molar-refractivity contribution in [3.05, 3.63) is 95.6 Å². The molecule has 0 bridgehead atoms. The van der Waals surface area contributed by atoms with Gasteiger partial charge in [-0.3, -0.25) is 4.79 Å². The van der Waals surface area contributed by atoms with E-state index in [1.807, 2.05) is 84.9 Å². The molecule has 1 aliphatic heterocycles. The molecule has 3 aromatic carbocycles. The Kier molecular flexibility index (Phi) is 4.28. The van der Waals surface area contributed by atoms with Crippen LogP contribution in [0.15, 0.2) is 78.9 Å². The maximum absolute atomic E-state index is 12.6. The van der Waals surface area contributed by atoms with E-state index in [-0.39, 0.29) is 5.91 Å². The van der Waals surface area contributed by atoms with Crippen LogP contribution in [-0.2, 0) is 11.4 Å². The molecule has 0 fully saturated rings. The van der Waals surface area contributed by atoms with Crippen LogP contribution in [0.2, 0.25) is 0 Å². The van der Waals surface area contributed by atoms with Crippen molar-refractivity contribution >= 4 is 23.2 Å². The lowest BCUT2D eigenvalue weighted by Crippen LogP contribution is -2.20. The summed E-state index contributed by atoms with van der Waals surface area (Å²) in [7, 11) is 1.81. The molecule has 26 heavy (non-hydrogen) atoms. The molecule has 3 nitrogen and oxygen atoms in total. The molecule has 0 saturated heterocycles. The van der Waals surface area contributed by atoms with Gasteiger partial charge in [0.25, 0.3) is 5.91 Å². The van der Waals surface area contributed by atoms with E-state index in [0.717, 1.165) is 28.1 Å². The zero-order valence-electron chi connectivity index (χ0n) is 14.6. The number of anilines is 1. The monoisotopic (exact) mass is 341 g/mol. The van der Waals surface area contributed by atoms with Gasteiger partial charge in [0, 0.05) is 18.2 Å². The second-order valence-corrected chi connectivity index (χ2v) is 6.29. The molecule has 1 aliphatic rings. The van der Waals surface area contributed by atoms with Gasteiger partial charge in [-0.1, -0.05) is 60.7 Å². The molecule has 0 spiro atoms. The number of hydrogen-bond acceptors (Lipinski definition) is 2. The fourth-order valence-electron chi connectivity index (χ4n) is 3.14. The minimum atomic E-state index is 0.0156. The molecule has 0 N–H and O–H groups in total. The molecule has 0 saturated carbocycles. The van der Waals surface area contributed by atoms with Crippen LogP contribution >= 0.6 is 0 Å². The Bertz CT molecular complexity index is 976. The fraction of sp³-hybridized carbons (Fsp3) is 0.0870. The highest BCUT2D eigenvalue weighted by atomic mass is 16.5. The number of carbonyl (C=O) groups excluding carboxylic acids is 1. The second kappa shape index (κ2) is 6.89. The lowest BCUT2D eigenvalue weighted by Gasteiger charge is -2.08. The molecule has 4 rings (SSSR count). The highest BCUT2D eigenvalue weighted by Crippen LogP contribution is 2.36. The highest BCUT2D eigenvalue weighted by Gasteiger charge is 2.28. The third kappa shape index (κ3) is 3.11. The summed E-state index contributed by atoms with van der Waals surface area (Å²) < 4.78 is 5.89. The van der Waals surface area contributed by atoms with Crippen molar-refractivity contribution in [2.45, 2.75) is 6.61 Å². The molecule has 3 aromatic rings. The predicted molar refractivity (Wildman–Crippen MR) is 105 cm³/mol. The van der Waals surface area contributed by atoms with Crippen molar-refractivity contribution in [3.63, 3.8) is 0 Å². The van der Waals surface area contributed by atoms with Crippen LogP contribution < -0.4 is 9.64 Å².